The van der Waals surface area contributed by atoms with Crippen LogP contribution < -0.4 is 5.32 Å². The molecule has 7 heteroatoms. The molecule has 0 spiro atoms. The van der Waals surface area contributed by atoms with Crippen LogP contribution in [0.4, 0.5) is 0 Å². The first-order chi connectivity index (χ1) is 11.6. The van der Waals surface area contributed by atoms with E-state index < -0.39 is 6.10 Å². The van der Waals surface area contributed by atoms with E-state index in [1.54, 1.807) is 0 Å². The molecule has 0 saturated heterocycles. The summed E-state index contributed by atoms with van der Waals surface area (Å²) in [7, 11) is 1.96. The Hall–Kier alpha value is -0.570. The van der Waals surface area contributed by atoms with Gasteiger partial charge in [-0.15, -0.1) is 24.0 Å². The molecule has 1 saturated carbocycles. The molecule has 0 aliphatic heterocycles. The average Bonchev–Trinajstić information content (AvgIpc) is 3.37. The molecule has 0 heterocycles. The number of ether oxygens (including phenoxy) is 1. The second-order valence-electron chi connectivity index (χ2n) is 6.28. The number of hydrogen-bond donors (Lipinski definition) is 2. The molecule has 0 aromatic heterocycles. The van der Waals surface area contributed by atoms with E-state index in [0.29, 0.717) is 25.6 Å². The summed E-state index contributed by atoms with van der Waals surface area (Å²) >= 11 is 6.22. The van der Waals surface area contributed by atoms with Gasteiger partial charge in [0, 0.05) is 31.8 Å². The summed E-state index contributed by atoms with van der Waals surface area (Å²) in [5.41, 5.74) is 1.04. The van der Waals surface area contributed by atoms with E-state index in [2.05, 4.69) is 10.3 Å². The van der Waals surface area contributed by atoms with Crippen LogP contribution in [0.1, 0.15) is 25.3 Å². The second kappa shape index (κ2) is 11.9. The largest absolute Gasteiger partial charge is 0.389 e. The molecule has 0 amide bonds. The first-order valence-electron chi connectivity index (χ1n) is 8.58. The Morgan fingerprint density at radius 2 is 2.16 bits per heavy atom. The van der Waals surface area contributed by atoms with Crippen molar-refractivity contribution in [2.45, 2.75) is 32.4 Å². The summed E-state index contributed by atoms with van der Waals surface area (Å²) in [6.07, 6.45) is 1.93. The summed E-state index contributed by atoms with van der Waals surface area (Å²) in [5, 5.41) is 14.0. The molecule has 2 rings (SSSR count). The van der Waals surface area contributed by atoms with Crippen molar-refractivity contribution in [2.75, 3.05) is 33.4 Å². The van der Waals surface area contributed by atoms with Crippen LogP contribution in [-0.4, -0.2) is 55.4 Å². The first-order valence-corrected chi connectivity index (χ1v) is 8.96. The van der Waals surface area contributed by atoms with Crippen LogP contribution >= 0.6 is 35.6 Å². The number of aliphatic hydroxyl groups is 1. The molecule has 1 aliphatic carbocycles. The zero-order valence-corrected chi connectivity index (χ0v) is 18.0. The van der Waals surface area contributed by atoms with Crippen LogP contribution in [-0.2, 0) is 11.3 Å². The van der Waals surface area contributed by atoms with E-state index in [4.69, 9.17) is 16.3 Å². The van der Waals surface area contributed by atoms with E-state index in [1.807, 2.05) is 43.1 Å². The second-order valence-corrected chi connectivity index (χ2v) is 6.68. The highest BCUT2D eigenvalue weighted by molar-refractivity contribution is 14.0. The lowest BCUT2D eigenvalue weighted by atomic mass is 10.2. The highest BCUT2D eigenvalue weighted by Crippen LogP contribution is 2.28. The van der Waals surface area contributed by atoms with Gasteiger partial charge in [-0.2, -0.15) is 0 Å². The fourth-order valence-electron chi connectivity index (χ4n) is 2.33. The Morgan fingerprint density at radius 3 is 2.80 bits per heavy atom. The van der Waals surface area contributed by atoms with Gasteiger partial charge in [-0.05, 0) is 37.3 Å². The van der Waals surface area contributed by atoms with Gasteiger partial charge in [-0.1, -0.05) is 29.8 Å². The zero-order valence-electron chi connectivity index (χ0n) is 14.9. The van der Waals surface area contributed by atoms with E-state index >= 15 is 0 Å². The lowest BCUT2D eigenvalue weighted by Crippen LogP contribution is -2.39. The van der Waals surface area contributed by atoms with E-state index in [1.165, 1.54) is 12.8 Å². The van der Waals surface area contributed by atoms with Gasteiger partial charge in [0.25, 0.3) is 0 Å². The fraction of sp³-hybridized carbons (Fsp3) is 0.611. The predicted molar refractivity (Wildman–Crippen MR) is 114 cm³/mol. The molecule has 1 aliphatic rings. The highest BCUT2D eigenvalue weighted by atomic mass is 127. The fourth-order valence-corrected chi connectivity index (χ4v) is 2.52. The predicted octanol–water partition coefficient (Wildman–Crippen LogP) is 3.14. The van der Waals surface area contributed by atoms with Crippen molar-refractivity contribution in [3.63, 3.8) is 0 Å². The van der Waals surface area contributed by atoms with Crippen LogP contribution in [0.3, 0.4) is 0 Å². The quantitative estimate of drug-likeness (QED) is 0.323. The number of nitrogens with zero attached hydrogens (tertiary/aromatic N) is 2. The Kier molecular flexibility index (Phi) is 10.7. The van der Waals surface area contributed by atoms with Crippen LogP contribution in [0.2, 0.25) is 5.02 Å². The molecule has 1 fully saturated rings. The Balaban J connectivity index is 0.00000312. The summed E-state index contributed by atoms with van der Waals surface area (Å²) in [5.74, 6) is 1.46. The van der Waals surface area contributed by atoms with Crippen LogP contribution in [0, 0.1) is 5.92 Å². The summed E-state index contributed by atoms with van der Waals surface area (Å²) in [6.45, 7) is 4.86. The maximum atomic E-state index is 10.0. The van der Waals surface area contributed by atoms with Crippen molar-refractivity contribution in [1.29, 1.82) is 0 Å². The maximum Gasteiger partial charge on any atom is 0.194 e. The number of nitrogens with one attached hydrogen (secondary N) is 1. The number of halogens is 2. The molecule has 1 unspecified atom stereocenters. The number of benzene rings is 1. The SMILES string of the molecule is CCNC(=NCC(O)COCC1CC1)N(C)Cc1ccccc1Cl.I. The third-order valence-electron chi connectivity index (χ3n) is 3.87. The summed E-state index contributed by atoms with van der Waals surface area (Å²) in [4.78, 5) is 6.51. The molecular weight excluding hydrogens is 453 g/mol. The van der Waals surface area contributed by atoms with Gasteiger partial charge in [0.1, 0.15) is 0 Å². The topological polar surface area (TPSA) is 57.1 Å². The Morgan fingerprint density at radius 1 is 1.44 bits per heavy atom. The number of hydrogen-bond acceptors (Lipinski definition) is 3. The molecule has 0 bridgehead atoms. The van der Waals surface area contributed by atoms with Gasteiger partial charge in [-0.3, -0.25) is 4.99 Å². The Labute approximate surface area is 172 Å². The van der Waals surface area contributed by atoms with Crippen LogP contribution in [0.25, 0.3) is 0 Å². The van der Waals surface area contributed by atoms with Gasteiger partial charge in [0.05, 0.1) is 19.3 Å². The molecular formula is C18H29ClIN3O2. The monoisotopic (exact) mass is 481 g/mol. The third kappa shape index (κ3) is 8.57. The molecule has 1 atom stereocenters. The van der Waals surface area contributed by atoms with E-state index in [9.17, 15) is 5.11 Å². The maximum absolute atomic E-state index is 10.0. The van der Waals surface area contributed by atoms with Crippen molar-refractivity contribution < 1.29 is 9.84 Å². The minimum atomic E-state index is -0.578. The molecule has 5 nitrogen and oxygen atoms in total. The number of aliphatic imine (C=N–C) groups is 1. The van der Waals surface area contributed by atoms with Crippen molar-refractivity contribution in [3.05, 3.63) is 34.9 Å². The zero-order chi connectivity index (χ0) is 17.4. The lowest BCUT2D eigenvalue weighted by molar-refractivity contribution is 0.0367. The Bertz CT molecular complexity index is 541. The van der Waals surface area contributed by atoms with Crippen molar-refractivity contribution in [3.8, 4) is 0 Å². The average molecular weight is 482 g/mol. The number of rotatable bonds is 9. The van der Waals surface area contributed by atoms with Gasteiger partial charge in [-0.25, -0.2) is 0 Å². The van der Waals surface area contributed by atoms with E-state index in [0.717, 1.165) is 29.7 Å². The van der Waals surface area contributed by atoms with Crippen LogP contribution in [0.15, 0.2) is 29.3 Å². The minimum Gasteiger partial charge on any atom is -0.389 e. The number of guanidine groups is 1. The molecule has 2 N–H and O–H groups in total. The smallest absolute Gasteiger partial charge is 0.194 e. The van der Waals surface area contributed by atoms with Crippen LogP contribution in [0.5, 0.6) is 0 Å². The van der Waals surface area contributed by atoms with Crippen molar-refractivity contribution in [1.82, 2.24) is 10.2 Å². The molecule has 142 valence electrons. The minimum absolute atomic E-state index is 0. The molecule has 25 heavy (non-hydrogen) atoms. The van der Waals surface area contributed by atoms with Gasteiger partial charge < -0.3 is 20.1 Å². The first kappa shape index (κ1) is 22.5. The normalized spacial score (nSPS) is 15.4. The van der Waals surface area contributed by atoms with Gasteiger partial charge in [0.2, 0.25) is 0 Å². The van der Waals surface area contributed by atoms with Crippen molar-refractivity contribution >= 4 is 41.5 Å². The van der Waals surface area contributed by atoms with Gasteiger partial charge >= 0.3 is 0 Å². The third-order valence-corrected chi connectivity index (χ3v) is 4.24. The summed E-state index contributed by atoms with van der Waals surface area (Å²) < 4.78 is 5.51. The van der Waals surface area contributed by atoms with Gasteiger partial charge in [0.15, 0.2) is 5.96 Å². The molecule has 1 aromatic rings. The highest BCUT2D eigenvalue weighted by Gasteiger charge is 2.21. The molecule has 0 radical (unpaired) electrons. The lowest BCUT2D eigenvalue weighted by Gasteiger charge is -2.23. The standard InChI is InChI=1S/C18H28ClN3O2.HI/c1-3-20-18(21-10-16(23)13-24-12-14-8-9-14)22(2)11-15-6-4-5-7-17(15)19;/h4-7,14,16,23H,3,8-13H2,1-2H3,(H,20,21);1H. The summed E-state index contributed by atoms with van der Waals surface area (Å²) in [6, 6.07) is 7.78. The number of aliphatic hydroxyl groups excluding tert-OH is 1. The molecule has 1 aromatic carbocycles. The van der Waals surface area contributed by atoms with E-state index in [-0.39, 0.29) is 24.0 Å². The van der Waals surface area contributed by atoms with Crippen molar-refractivity contribution in [2.24, 2.45) is 10.9 Å².